The van der Waals surface area contributed by atoms with Gasteiger partial charge in [-0.05, 0) is 30.2 Å². The summed E-state index contributed by atoms with van der Waals surface area (Å²) in [4.78, 5) is 0. The topological polar surface area (TPSA) is 12.0 Å². The molecule has 1 N–H and O–H groups in total. The van der Waals surface area contributed by atoms with Crippen LogP contribution < -0.4 is 4.72 Å². The predicted octanol–water partition coefficient (Wildman–Crippen LogP) is 4.57. The molecular weight excluding hydrogens is 238 g/mol. The Kier molecular flexibility index (Phi) is 3.42. The molecule has 0 heterocycles. The Morgan fingerprint density at radius 3 is 2.44 bits per heavy atom. The number of anilines is 1. The van der Waals surface area contributed by atoms with E-state index in [1.807, 2.05) is 30.3 Å². The first-order valence-corrected chi connectivity index (χ1v) is 5.80. The van der Waals surface area contributed by atoms with Crippen molar-refractivity contribution < 1.29 is 0 Å². The van der Waals surface area contributed by atoms with Crippen LogP contribution in [0.2, 0.25) is 5.02 Å². The van der Waals surface area contributed by atoms with Crippen LogP contribution in [0.25, 0.3) is 11.1 Å². The maximum atomic E-state index is 6.24. The Labute approximate surface area is 106 Å². The van der Waals surface area contributed by atoms with Gasteiger partial charge < -0.3 is 4.72 Å². The third-order valence-electron chi connectivity index (χ3n) is 2.53. The van der Waals surface area contributed by atoms with Gasteiger partial charge in [0, 0.05) is 11.3 Å². The molecule has 0 spiro atoms. The predicted molar refractivity (Wildman–Crippen MR) is 74.2 cm³/mol. The van der Waals surface area contributed by atoms with Gasteiger partial charge in [-0.3, -0.25) is 0 Å². The molecule has 82 valence electrons. The van der Waals surface area contributed by atoms with Crippen molar-refractivity contribution in [2.45, 2.75) is 6.92 Å². The summed E-state index contributed by atoms with van der Waals surface area (Å²) in [6, 6.07) is 14.0. The third-order valence-corrected chi connectivity index (χ3v) is 3.10. The van der Waals surface area contributed by atoms with Crippen molar-refractivity contribution in [3.63, 3.8) is 0 Å². The van der Waals surface area contributed by atoms with E-state index >= 15 is 0 Å². The van der Waals surface area contributed by atoms with E-state index in [2.05, 4.69) is 36.6 Å². The molecule has 2 aromatic carbocycles. The minimum atomic E-state index is 0.730. The highest BCUT2D eigenvalue weighted by Crippen LogP contribution is 2.32. The van der Waals surface area contributed by atoms with Crippen LogP contribution in [0, 0.1) is 6.92 Å². The fraction of sp³-hybridized carbons (Fsp3) is 0.0769. The second-order valence-electron chi connectivity index (χ2n) is 3.62. The number of halogens is 1. The second-order valence-corrected chi connectivity index (χ2v) is 4.25. The standard InChI is InChI=1S/C13H12ClNS/c1-9-4-2-3-5-11(9)12-7-6-10(15-16)8-13(12)14/h2-8,15-16H,1H3. The van der Waals surface area contributed by atoms with Gasteiger partial charge in [-0.15, -0.1) is 0 Å². The molecule has 0 amide bonds. The van der Waals surface area contributed by atoms with Crippen LogP contribution >= 0.6 is 24.4 Å². The van der Waals surface area contributed by atoms with Crippen LogP contribution in [-0.2, 0) is 0 Å². The number of aryl methyl sites for hydroxylation is 1. The van der Waals surface area contributed by atoms with Gasteiger partial charge in [0.25, 0.3) is 0 Å². The van der Waals surface area contributed by atoms with Crippen LogP contribution in [-0.4, -0.2) is 0 Å². The lowest BCUT2D eigenvalue weighted by atomic mass is 10.0. The number of rotatable bonds is 2. The zero-order valence-corrected chi connectivity index (χ0v) is 10.5. The van der Waals surface area contributed by atoms with Crippen LogP contribution in [0.4, 0.5) is 5.69 Å². The number of hydrogen-bond acceptors (Lipinski definition) is 2. The van der Waals surface area contributed by atoms with Gasteiger partial charge in [0.15, 0.2) is 0 Å². The highest BCUT2D eigenvalue weighted by Gasteiger charge is 2.06. The molecule has 0 saturated carbocycles. The van der Waals surface area contributed by atoms with Crippen molar-refractivity contribution >= 4 is 30.1 Å². The lowest BCUT2D eigenvalue weighted by molar-refractivity contribution is 1.46. The fourth-order valence-electron chi connectivity index (χ4n) is 1.68. The molecule has 0 aliphatic rings. The van der Waals surface area contributed by atoms with E-state index < -0.39 is 0 Å². The van der Waals surface area contributed by atoms with E-state index in [1.165, 1.54) is 11.1 Å². The number of nitrogens with one attached hydrogen (secondary N) is 1. The third kappa shape index (κ3) is 2.18. The first-order chi connectivity index (χ1) is 7.72. The Balaban J connectivity index is 2.53. The maximum absolute atomic E-state index is 6.24. The quantitative estimate of drug-likeness (QED) is 0.743. The van der Waals surface area contributed by atoms with Crippen molar-refractivity contribution in [2.24, 2.45) is 0 Å². The summed E-state index contributed by atoms with van der Waals surface area (Å²) in [7, 11) is 0. The molecule has 3 heteroatoms. The van der Waals surface area contributed by atoms with Crippen molar-refractivity contribution in [3.8, 4) is 11.1 Å². The molecule has 0 fully saturated rings. The van der Waals surface area contributed by atoms with Gasteiger partial charge in [-0.25, -0.2) is 0 Å². The van der Waals surface area contributed by atoms with E-state index in [-0.39, 0.29) is 0 Å². The molecule has 0 unspecified atom stereocenters. The second kappa shape index (κ2) is 4.81. The molecule has 1 nitrogen and oxygen atoms in total. The molecule has 2 aromatic rings. The summed E-state index contributed by atoms with van der Waals surface area (Å²) < 4.78 is 2.77. The van der Waals surface area contributed by atoms with E-state index in [0.717, 1.165) is 16.3 Å². The largest absolute Gasteiger partial charge is 0.332 e. The zero-order chi connectivity index (χ0) is 11.5. The molecule has 0 aromatic heterocycles. The summed E-state index contributed by atoms with van der Waals surface area (Å²) in [5.41, 5.74) is 4.33. The van der Waals surface area contributed by atoms with Crippen molar-refractivity contribution in [1.29, 1.82) is 0 Å². The van der Waals surface area contributed by atoms with Gasteiger partial charge in [0.05, 0.1) is 5.02 Å². The summed E-state index contributed by atoms with van der Waals surface area (Å²) >= 11 is 10.2. The van der Waals surface area contributed by atoms with Crippen LogP contribution in [0.3, 0.4) is 0 Å². The summed E-state index contributed by atoms with van der Waals surface area (Å²) in [5.74, 6) is 0. The fourth-order valence-corrected chi connectivity index (χ4v) is 2.10. The summed E-state index contributed by atoms with van der Waals surface area (Å²) in [5, 5.41) is 0.730. The Morgan fingerprint density at radius 2 is 1.81 bits per heavy atom. The minimum absolute atomic E-state index is 0.730. The van der Waals surface area contributed by atoms with Crippen LogP contribution in [0.15, 0.2) is 42.5 Å². The maximum Gasteiger partial charge on any atom is 0.0505 e. The van der Waals surface area contributed by atoms with Gasteiger partial charge in [0.2, 0.25) is 0 Å². The number of thiol groups is 1. The highest BCUT2D eigenvalue weighted by molar-refractivity contribution is 7.81. The van der Waals surface area contributed by atoms with E-state index in [1.54, 1.807) is 0 Å². The molecular formula is C13H12ClNS. The van der Waals surface area contributed by atoms with Crippen molar-refractivity contribution in [3.05, 3.63) is 53.1 Å². The number of hydrogen-bond donors (Lipinski definition) is 2. The molecule has 0 atom stereocenters. The van der Waals surface area contributed by atoms with Crippen LogP contribution in [0.1, 0.15) is 5.56 Å². The van der Waals surface area contributed by atoms with Crippen molar-refractivity contribution in [2.75, 3.05) is 4.72 Å². The molecule has 2 rings (SSSR count). The zero-order valence-electron chi connectivity index (χ0n) is 8.87. The molecule has 0 saturated heterocycles. The Hall–Kier alpha value is -1.12. The smallest absolute Gasteiger partial charge is 0.0505 e. The monoisotopic (exact) mass is 249 g/mol. The Bertz CT molecular complexity index is 511. The first kappa shape index (κ1) is 11.4. The molecule has 0 aliphatic carbocycles. The summed E-state index contributed by atoms with van der Waals surface area (Å²) in [6.07, 6.45) is 0. The molecule has 16 heavy (non-hydrogen) atoms. The van der Waals surface area contributed by atoms with E-state index in [9.17, 15) is 0 Å². The average Bonchev–Trinajstić information content (AvgIpc) is 2.30. The van der Waals surface area contributed by atoms with Gasteiger partial charge >= 0.3 is 0 Å². The Morgan fingerprint density at radius 1 is 1.06 bits per heavy atom. The van der Waals surface area contributed by atoms with Gasteiger partial charge in [-0.2, -0.15) is 0 Å². The van der Waals surface area contributed by atoms with Gasteiger partial charge in [0.1, 0.15) is 0 Å². The lowest BCUT2D eigenvalue weighted by Gasteiger charge is -2.09. The van der Waals surface area contributed by atoms with E-state index in [0.29, 0.717) is 0 Å². The van der Waals surface area contributed by atoms with Crippen LogP contribution in [0.5, 0.6) is 0 Å². The number of benzene rings is 2. The average molecular weight is 250 g/mol. The normalized spacial score (nSPS) is 10.2. The summed E-state index contributed by atoms with van der Waals surface area (Å²) in [6.45, 7) is 2.08. The SMILES string of the molecule is Cc1ccccc1-c1ccc(NS)cc1Cl. The van der Waals surface area contributed by atoms with E-state index in [4.69, 9.17) is 11.6 Å². The molecule has 0 aliphatic heterocycles. The molecule has 0 radical (unpaired) electrons. The minimum Gasteiger partial charge on any atom is -0.332 e. The highest BCUT2D eigenvalue weighted by atomic mass is 35.5. The van der Waals surface area contributed by atoms with Gasteiger partial charge in [-0.1, -0.05) is 54.7 Å². The first-order valence-electron chi connectivity index (χ1n) is 4.98. The van der Waals surface area contributed by atoms with Crippen molar-refractivity contribution in [1.82, 2.24) is 0 Å². The lowest BCUT2D eigenvalue weighted by Crippen LogP contribution is -1.86. The molecule has 0 bridgehead atoms.